The highest BCUT2D eigenvalue weighted by atomic mass is 79.9. The van der Waals surface area contributed by atoms with Crippen LogP contribution in [0.25, 0.3) is 0 Å². The molecule has 0 aliphatic carbocycles. The van der Waals surface area contributed by atoms with E-state index in [1.54, 1.807) is 31.2 Å². The summed E-state index contributed by atoms with van der Waals surface area (Å²) in [5, 5.41) is 9.81. The zero-order chi connectivity index (χ0) is 14.0. The summed E-state index contributed by atoms with van der Waals surface area (Å²) in [6, 6.07) is 9.22. The van der Waals surface area contributed by atoms with Crippen molar-refractivity contribution in [3.05, 3.63) is 57.3 Å². The van der Waals surface area contributed by atoms with Crippen molar-refractivity contribution < 1.29 is 14.2 Å². The van der Waals surface area contributed by atoms with Crippen molar-refractivity contribution in [3.63, 3.8) is 0 Å². The SMILES string of the molecule is C[C@@H](O)c1ccc(Oc2cc(F)cc(Br)c2)c(Cl)c1. The lowest BCUT2D eigenvalue weighted by molar-refractivity contribution is 0.199. The number of rotatable bonds is 3. The number of halogens is 3. The molecule has 2 aromatic rings. The number of hydrogen-bond donors (Lipinski definition) is 1. The number of aliphatic hydroxyl groups excluding tert-OH is 1. The molecular formula is C14H11BrClFO2. The van der Waals surface area contributed by atoms with Gasteiger partial charge in [0.2, 0.25) is 0 Å². The first-order valence-electron chi connectivity index (χ1n) is 5.57. The third-order valence-corrected chi connectivity index (χ3v) is 3.26. The smallest absolute Gasteiger partial charge is 0.146 e. The molecule has 0 bridgehead atoms. The van der Waals surface area contributed by atoms with Crippen LogP contribution in [0.3, 0.4) is 0 Å². The molecule has 0 heterocycles. The van der Waals surface area contributed by atoms with Crippen LogP contribution in [-0.2, 0) is 0 Å². The van der Waals surface area contributed by atoms with Crippen LogP contribution < -0.4 is 4.74 Å². The van der Waals surface area contributed by atoms with Crippen LogP contribution in [-0.4, -0.2) is 5.11 Å². The van der Waals surface area contributed by atoms with E-state index in [2.05, 4.69) is 15.9 Å². The molecule has 0 radical (unpaired) electrons. The van der Waals surface area contributed by atoms with Crippen LogP contribution in [0.2, 0.25) is 5.02 Å². The van der Waals surface area contributed by atoms with E-state index in [9.17, 15) is 9.50 Å². The third kappa shape index (κ3) is 3.69. The van der Waals surface area contributed by atoms with Gasteiger partial charge in [0, 0.05) is 10.5 Å². The zero-order valence-electron chi connectivity index (χ0n) is 10.0. The van der Waals surface area contributed by atoms with Gasteiger partial charge in [0.25, 0.3) is 0 Å². The highest BCUT2D eigenvalue weighted by Crippen LogP contribution is 2.33. The monoisotopic (exact) mass is 344 g/mol. The molecule has 0 saturated heterocycles. The molecule has 100 valence electrons. The Morgan fingerprint density at radius 3 is 2.58 bits per heavy atom. The molecule has 2 rings (SSSR count). The van der Waals surface area contributed by atoms with E-state index in [1.807, 2.05) is 0 Å². The van der Waals surface area contributed by atoms with E-state index >= 15 is 0 Å². The van der Waals surface area contributed by atoms with Gasteiger partial charge in [0.1, 0.15) is 17.3 Å². The first-order chi connectivity index (χ1) is 8.95. The van der Waals surface area contributed by atoms with Gasteiger partial charge < -0.3 is 9.84 Å². The van der Waals surface area contributed by atoms with Gasteiger partial charge in [0.15, 0.2) is 0 Å². The predicted octanol–water partition coefficient (Wildman–Crippen LogP) is 5.09. The normalized spacial score (nSPS) is 12.3. The Kier molecular flexibility index (Phi) is 4.45. The Labute approximate surface area is 123 Å². The molecule has 19 heavy (non-hydrogen) atoms. The number of benzene rings is 2. The van der Waals surface area contributed by atoms with Crippen molar-refractivity contribution in [2.24, 2.45) is 0 Å². The Balaban J connectivity index is 2.28. The Morgan fingerprint density at radius 2 is 2.00 bits per heavy atom. The molecule has 0 saturated carbocycles. The summed E-state index contributed by atoms with van der Waals surface area (Å²) >= 11 is 9.25. The molecule has 0 unspecified atom stereocenters. The molecule has 0 fully saturated rings. The predicted molar refractivity (Wildman–Crippen MR) is 76.3 cm³/mol. The first-order valence-corrected chi connectivity index (χ1v) is 6.74. The number of aliphatic hydroxyl groups is 1. The van der Waals surface area contributed by atoms with Gasteiger partial charge in [-0.05, 0) is 36.8 Å². The summed E-state index contributed by atoms with van der Waals surface area (Å²) in [6.07, 6.45) is -0.602. The summed E-state index contributed by atoms with van der Waals surface area (Å²) in [5.41, 5.74) is 0.692. The molecule has 0 aromatic heterocycles. The van der Waals surface area contributed by atoms with Gasteiger partial charge in [-0.25, -0.2) is 4.39 Å². The lowest BCUT2D eigenvalue weighted by Crippen LogP contribution is -1.92. The van der Waals surface area contributed by atoms with Crippen molar-refractivity contribution >= 4 is 27.5 Å². The van der Waals surface area contributed by atoms with Gasteiger partial charge in [-0.15, -0.1) is 0 Å². The summed E-state index contributed by atoms with van der Waals surface area (Å²) < 4.78 is 19.3. The van der Waals surface area contributed by atoms with E-state index < -0.39 is 11.9 Å². The summed E-state index contributed by atoms with van der Waals surface area (Å²) in [5.74, 6) is 0.350. The minimum atomic E-state index is -0.602. The molecule has 5 heteroatoms. The van der Waals surface area contributed by atoms with Crippen LogP contribution in [0, 0.1) is 5.82 Å². The Morgan fingerprint density at radius 1 is 1.26 bits per heavy atom. The van der Waals surface area contributed by atoms with Crippen molar-refractivity contribution in [1.29, 1.82) is 0 Å². The van der Waals surface area contributed by atoms with Crippen LogP contribution in [0.5, 0.6) is 11.5 Å². The fourth-order valence-corrected chi connectivity index (χ4v) is 2.25. The molecule has 0 aliphatic rings. The molecule has 0 amide bonds. The second-order valence-electron chi connectivity index (χ2n) is 4.07. The van der Waals surface area contributed by atoms with E-state index in [-0.39, 0.29) is 0 Å². The molecule has 2 nitrogen and oxygen atoms in total. The summed E-state index contributed by atoms with van der Waals surface area (Å²) in [6.45, 7) is 1.65. The van der Waals surface area contributed by atoms with E-state index in [0.29, 0.717) is 26.6 Å². The largest absolute Gasteiger partial charge is 0.456 e. The minimum Gasteiger partial charge on any atom is -0.456 e. The fraction of sp³-hybridized carbons (Fsp3) is 0.143. The first kappa shape index (κ1) is 14.3. The molecule has 1 atom stereocenters. The quantitative estimate of drug-likeness (QED) is 0.840. The maximum Gasteiger partial charge on any atom is 0.146 e. The van der Waals surface area contributed by atoms with Gasteiger partial charge in [-0.3, -0.25) is 0 Å². The summed E-state index contributed by atoms with van der Waals surface area (Å²) in [4.78, 5) is 0. The number of ether oxygens (including phenoxy) is 1. The van der Waals surface area contributed by atoms with Crippen molar-refractivity contribution in [2.75, 3.05) is 0 Å². The highest BCUT2D eigenvalue weighted by molar-refractivity contribution is 9.10. The van der Waals surface area contributed by atoms with Crippen LogP contribution in [0.15, 0.2) is 40.9 Å². The molecular weight excluding hydrogens is 335 g/mol. The maximum absolute atomic E-state index is 13.2. The lowest BCUT2D eigenvalue weighted by Gasteiger charge is -2.11. The number of hydrogen-bond acceptors (Lipinski definition) is 2. The highest BCUT2D eigenvalue weighted by Gasteiger charge is 2.08. The minimum absolute atomic E-state index is 0.346. The molecule has 1 N–H and O–H groups in total. The zero-order valence-corrected chi connectivity index (χ0v) is 12.4. The van der Waals surface area contributed by atoms with E-state index in [4.69, 9.17) is 16.3 Å². The molecule has 2 aromatic carbocycles. The molecule has 0 spiro atoms. The average Bonchev–Trinajstić information content (AvgIpc) is 2.30. The Bertz CT molecular complexity index is 582. The second kappa shape index (κ2) is 5.90. The van der Waals surface area contributed by atoms with Crippen LogP contribution in [0.4, 0.5) is 4.39 Å². The average molecular weight is 346 g/mol. The second-order valence-corrected chi connectivity index (χ2v) is 5.40. The van der Waals surface area contributed by atoms with Gasteiger partial charge in [0.05, 0.1) is 11.1 Å². The third-order valence-electron chi connectivity index (χ3n) is 2.50. The van der Waals surface area contributed by atoms with E-state index in [1.165, 1.54) is 12.1 Å². The fourth-order valence-electron chi connectivity index (χ4n) is 1.57. The summed E-state index contributed by atoms with van der Waals surface area (Å²) in [7, 11) is 0. The van der Waals surface area contributed by atoms with Gasteiger partial charge in [-0.2, -0.15) is 0 Å². The maximum atomic E-state index is 13.2. The lowest BCUT2D eigenvalue weighted by atomic mass is 10.1. The van der Waals surface area contributed by atoms with Crippen molar-refractivity contribution in [3.8, 4) is 11.5 Å². The Hall–Kier alpha value is -1.10. The van der Waals surface area contributed by atoms with Crippen molar-refractivity contribution in [1.82, 2.24) is 0 Å². The van der Waals surface area contributed by atoms with Crippen molar-refractivity contribution in [2.45, 2.75) is 13.0 Å². The topological polar surface area (TPSA) is 29.5 Å². The van der Waals surface area contributed by atoms with E-state index in [0.717, 1.165) is 0 Å². The molecule has 0 aliphatic heterocycles. The van der Waals surface area contributed by atoms with Crippen LogP contribution in [0.1, 0.15) is 18.6 Å². The van der Waals surface area contributed by atoms with Crippen LogP contribution >= 0.6 is 27.5 Å². The van der Waals surface area contributed by atoms with Gasteiger partial charge in [-0.1, -0.05) is 33.6 Å². The van der Waals surface area contributed by atoms with Gasteiger partial charge >= 0.3 is 0 Å². The standard InChI is InChI=1S/C14H11BrClFO2/c1-8(18)9-2-3-14(13(16)4-9)19-12-6-10(15)5-11(17)7-12/h2-8,18H,1H3/t8-/m1/s1.